The number of piperidine rings is 1. The van der Waals surface area contributed by atoms with Crippen LogP contribution in [-0.4, -0.2) is 37.1 Å². The maximum Gasteiger partial charge on any atom is 0.00671 e. The van der Waals surface area contributed by atoms with Crippen LogP contribution < -0.4 is 5.32 Å². The van der Waals surface area contributed by atoms with Gasteiger partial charge in [-0.1, -0.05) is 6.92 Å². The first-order chi connectivity index (χ1) is 7.29. The molecule has 2 aliphatic rings. The number of likely N-dealkylation sites (tertiary alicyclic amines) is 1. The van der Waals surface area contributed by atoms with E-state index in [0.29, 0.717) is 0 Å². The van der Waals surface area contributed by atoms with Crippen LogP contribution in [0, 0.1) is 11.8 Å². The molecule has 1 N–H and O–H groups in total. The molecule has 0 aromatic carbocycles. The van der Waals surface area contributed by atoms with Gasteiger partial charge in [0.2, 0.25) is 0 Å². The van der Waals surface area contributed by atoms with E-state index in [2.05, 4.69) is 24.1 Å². The Morgan fingerprint density at radius 3 is 2.80 bits per heavy atom. The summed E-state index contributed by atoms with van der Waals surface area (Å²) in [5.41, 5.74) is 0. The third-order valence-electron chi connectivity index (χ3n) is 4.11. The van der Waals surface area contributed by atoms with Crippen LogP contribution in [0.2, 0.25) is 0 Å². The lowest BCUT2D eigenvalue weighted by molar-refractivity contribution is 0.177. The Labute approximate surface area is 94.4 Å². The standard InChI is InChI=1S/C13H26N2/c1-3-15-8-4-5-12(10-15)9-14-11(2)13-6-7-13/h11-14H,3-10H2,1-2H3. The van der Waals surface area contributed by atoms with Crippen molar-refractivity contribution in [2.24, 2.45) is 11.8 Å². The molecular formula is C13H26N2. The molecule has 1 heterocycles. The molecule has 1 saturated heterocycles. The lowest BCUT2D eigenvalue weighted by atomic mass is 9.97. The van der Waals surface area contributed by atoms with Gasteiger partial charge in [0.05, 0.1) is 0 Å². The summed E-state index contributed by atoms with van der Waals surface area (Å²) in [6, 6.07) is 0.766. The number of hydrogen-bond acceptors (Lipinski definition) is 2. The topological polar surface area (TPSA) is 15.3 Å². The predicted molar refractivity (Wildman–Crippen MR) is 65.0 cm³/mol. The summed E-state index contributed by atoms with van der Waals surface area (Å²) < 4.78 is 0. The Hall–Kier alpha value is -0.0800. The molecule has 0 spiro atoms. The molecule has 1 saturated carbocycles. The van der Waals surface area contributed by atoms with Crippen LogP contribution in [-0.2, 0) is 0 Å². The fourth-order valence-corrected chi connectivity index (χ4v) is 2.72. The van der Waals surface area contributed by atoms with Crippen LogP contribution in [0.1, 0.15) is 39.5 Å². The summed E-state index contributed by atoms with van der Waals surface area (Å²) in [7, 11) is 0. The Morgan fingerprint density at radius 1 is 1.33 bits per heavy atom. The lowest BCUT2D eigenvalue weighted by Gasteiger charge is -2.32. The van der Waals surface area contributed by atoms with Crippen molar-refractivity contribution in [2.75, 3.05) is 26.2 Å². The Morgan fingerprint density at radius 2 is 2.13 bits per heavy atom. The molecule has 15 heavy (non-hydrogen) atoms. The molecule has 2 nitrogen and oxygen atoms in total. The van der Waals surface area contributed by atoms with Gasteiger partial charge < -0.3 is 10.2 Å². The molecule has 0 bridgehead atoms. The largest absolute Gasteiger partial charge is 0.314 e. The van der Waals surface area contributed by atoms with Crippen LogP contribution in [0.4, 0.5) is 0 Å². The van der Waals surface area contributed by atoms with Gasteiger partial charge in [0, 0.05) is 12.6 Å². The number of rotatable bonds is 5. The summed E-state index contributed by atoms with van der Waals surface area (Å²) in [5, 5.41) is 3.73. The second kappa shape index (κ2) is 5.31. The number of hydrogen-bond donors (Lipinski definition) is 1. The van der Waals surface area contributed by atoms with E-state index in [1.54, 1.807) is 0 Å². The molecule has 1 aliphatic heterocycles. The molecule has 1 aliphatic carbocycles. The van der Waals surface area contributed by atoms with Crippen molar-refractivity contribution in [1.29, 1.82) is 0 Å². The molecule has 0 aromatic heterocycles. The molecular weight excluding hydrogens is 184 g/mol. The molecule has 2 fully saturated rings. The van der Waals surface area contributed by atoms with Crippen LogP contribution in [0.5, 0.6) is 0 Å². The fraction of sp³-hybridized carbons (Fsp3) is 1.00. The van der Waals surface area contributed by atoms with E-state index in [0.717, 1.165) is 17.9 Å². The third kappa shape index (κ3) is 3.46. The Bertz CT molecular complexity index is 189. The van der Waals surface area contributed by atoms with Crippen LogP contribution >= 0.6 is 0 Å². The first-order valence-electron chi connectivity index (χ1n) is 6.75. The van der Waals surface area contributed by atoms with Crippen molar-refractivity contribution in [2.45, 2.75) is 45.6 Å². The van der Waals surface area contributed by atoms with Crippen LogP contribution in [0.15, 0.2) is 0 Å². The van der Waals surface area contributed by atoms with Crippen LogP contribution in [0.3, 0.4) is 0 Å². The number of nitrogens with one attached hydrogen (secondary N) is 1. The van der Waals surface area contributed by atoms with Crippen molar-refractivity contribution in [3.63, 3.8) is 0 Å². The van der Waals surface area contributed by atoms with Crippen molar-refractivity contribution in [1.82, 2.24) is 10.2 Å². The van der Waals surface area contributed by atoms with Gasteiger partial charge in [0.15, 0.2) is 0 Å². The van der Waals surface area contributed by atoms with Gasteiger partial charge in [-0.15, -0.1) is 0 Å². The lowest BCUT2D eigenvalue weighted by Crippen LogP contribution is -2.41. The Kier molecular flexibility index (Phi) is 4.04. The SMILES string of the molecule is CCN1CCCC(CNC(C)C2CC2)C1. The highest BCUT2D eigenvalue weighted by Gasteiger charge is 2.28. The minimum absolute atomic E-state index is 0.766. The van der Waals surface area contributed by atoms with E-state index in [1.807, 2.05) is 0 Å². The normalized spacial score (nSPS) is 30.4. The summed E-state index contributed by atoms with van der Waals surface area (Å²) in [5.74, 6) is 1.90. The molecule has 88 valence electrons. The second-order valence-corrected chi connectivity index (χ2v) is 5.44. The van der Waals surface area contributed by atoms with Gasteiger partial charge in [-0.05, 0) is 64.1 Å². The van der Waals surface area contributed by atoms with Gasteiger partial charge in [-0.2, -0.15) is 0 Å². The van der Waals surface area contributed by atoms with E-state index in [-0.39, 0.29) is 0 Å². The third-order valence-corrected chi connectivity index (χ3v) is 4.11. The van der Waals surface area contributed by atoms with Gasteiger partial charge in [0.1, 0.15) is 0 Å². The van der Waals surface area contributed by atoms with E-state index in [9.17, 15) is 0 Å². The van der Waals surface area contributed by atoms with Gasteiger partial charge in [0.25, 0.3) is 0 Å². The monoisotopic (exact) mass is 210 g/mol. The summed E-state index contributed by atoms with van der Waals surface area (Å²) in [6.07, 6.45) is 5.75. The quantitative estimate of drug-likeness (QED) is 0.747. The molecule has 2 rings (SSSR count). The van der Waals surface area contributed by atoms with Crippen molar-refractivity contribution in [3.8, 4) is 0 Å². The van der Waals surface area contributed by atoms with Gasteiger partial charge >= 0.3 is 0 Å². The average molecular weight is 210 g/mol. The summed E-state index contributed by atoms with van der Waals surface area (Å²) >= 11 is 0. The average Bonchev–Trinajstić information content (AvgIpc) is 3.10. The van der Waals surface area contributed by atoms with Gasteiger partial charge in [-0.25, -0.2) is 0 Å². The molecule has 0 radical (unpaired) electrons. The highest BCUT2D eigenvalue weighted by molar-refractivity contribution is 4.84. The van der Waals surface area contributed by atoms with E-state index < -0.39 is 0 Å². The summed E-state index contributed by atoms with van der Waals surface area (Å²) in [6.45, 7) is 9.76. The minimum Gasteiger partial charge on any atom is -0.314 e. The van der Waals surface area contributed by atoms with Crippen molar-refractivity contribution >= 4 is 0 Å². The highest BCUT2D eigenvalue weighted by Crippen LogP contribution is 2.32. The first-order valence-corrected chi connectivity index (χ1v) is 6.75. The van der Waals surface area contributed by atoms with E-state index in [4.69, 9.17) is 0 Å². The summed E-state index contributed by atoms with van der Waals surface area (Å²) in [4.78, 5) is 2.59. The van der Waals surface area contributed by atoms with Crippen molar-refractivity contribution < 1.29 is 0 Å². The maximum absolute atomic E-state index is 3.73. The highest BCUT2D eigenvalue weighted by atomic mass is 15.1. The molecule has 0 amide bonds. The maximum atomic E-state index is 3.73. The zero-order chi connectivity index (χ0) is 10.7. The van der Waals surface area contributed by atoms with Crippen molar-refractivity contribution in [3.05, 3.63) is 0 Å². The second-order valence-electron chi connectivity index (χ2n) is 5.44. The number of nitrogens with zero attached hydrogens (tertiary/aromatic N) is 1. The van der Waals surface area contributed by atoms with E-state index >= 15 is 0 Å². The van der Waals surface area contributed by atoms with Gasteiger partial charge in [-0.3, -0.25) is 0 Å². The molecule has 2 atom stereocenters. The zero-order valence-electron chi connectivity index (χ0n) is 10.3. The molecule has 2 heteroatoms. The zero-order valence-corrected chi connectivity index (χ0v) is 10.3. The van der Waals surface area contributed by atoms with E-state index in [1.165, 1.54) is 51.9 Å². The van der Waals surface area contributed by atoms with Crippen LogP contribution in [0.25, 0.3) is 0 Å². The Balaban J connectivity index is 1.64. The predicted octanol–water partition coefficient (Wildman–Crippen LogP) is 2.11. The molecule has 2 unspecified atom stereocenters. The molecule has 0 aromatic rings. The first kappa shape index (κ1) is 11.4. The fourth-order valence-electron chi connectivity index (χ4n) is 2.72. The smallest absolute Gasteiger partial charge is 0.00671 e. The minimum atomic E-state index is 0.766.